The van der Waals surface area contributed by atoms with Crippen molar-refractivity contribution in [2.24, 2.45) is 23.5 Å². The topological polar surface area (TPSA) is 84.2 Å². The van der Waals surface area contributed by atoms with E-state index in [1.807, 2.05) is 0 Å². The summed E-state index contributed by atoms with van der Waals surface area (Å²) >= 11 is 6.14. The number of nitrogens with one attached hydrogen (secondary N) is 2. The van der Waals surface area contributed by atoms with Crippen LogP contribution >= 0.6 is 24.0 Å². The smallest absolute Gasteiger partial charge is 0.229 e. The monoisotopic (exact) mass is 357 g/mol. The van der Waals surface area contributed by atoms with E-state index < -0.39 is 0 Å². The number of anilines is 2. The predicted octanol–water partition coefficient (Wildman–Crippen LogP) is 3.03. The van der Waals surface area contributed by atoms with Gasteiger partial charge in [0.2, 0.25) is 11.8 Å². The molecule has 23 heavy (non-hydrogen) atoms. The SMILES string of the molecule is CC(=O)Nc1ccc(Cl)c(NC(=O)C2C3CCC(C3)C2N)c1.Cl. The Kier molecular flexibility index (Phi) is 5.55. The van der Waals surface area contributed by atoms with Gasteiger partial charge in [0.1, 0.15) is 0 Å². The van der Waals surface area contributed by atoms with Crippen LogP contribution in [0, 0.1) is 17.8 Å². The van der Waals surface area contributed by atoms with Crippen LogP contribution in [0.25, 0.3) is 0 Å². The van der Waals surface area contributed by atoms with Gasteiger partial charge >= 0.3 is 0 Å². The van der Waals surface area contributed by atoms with E-state index in [4.69, 9.17) is 17.3 Å². The second-order valence-electron chi connectivity index (χ2n) is 6.30. The Morgan fingerprint density at radius 1 is 1.22 bits per heavy atom. The third kappa shape index (κ3) is 3.62. The maximum absolute atomic E-state index is 12.6. The average Bonchev–Trinajstić information content (AvgIpc) is 3.02. The van der Waals surface area contributed by atoms with Crippen molar-refractivity contribution in [3.63, 3.8) is 0 Å². The Hall–Kier alpha value is -1.30. The molecule has 0 aliphatic heterocycles. The van der Waals surface area contributed by atoms with Crippen LogP contribution in [-0.2, 0) is 9.59 Å². The van der Waals surface area contributed by atoms with Crippen LogP contribution in [0.15, 0.2) is 18.2 Å². The van der Waals surface area contributed by atoms with Crippen molar-refractivity contribution in [2.75, 3.05) is 10.6 Å². The van der Waals surface area contributed by atoms with E-state index in [-0.39, 0.29) is 36.2 Å². The zero-order valence-corrected chi connectivity index (χ0v) is 14.4. The molecule has 2 fully saturated rings. The number of rotatable bonds is 3. The fourth-order valence-corrected chi connectivity index (χ4v) is 4.01. The lowest BCUT2D eigenvalue weighted by molar-refractivity contribution is -0.121. The van der Waals surface area contributed by atoms with E-state index in [0.29, 0.717) is 28.2 Å². The molecule has 2 aliphatic rings. The third-order valence-electron chi connectivity index (χ3n) is 4.83. The minimum absolute atomic E-state index is 0. The van der Waals surface area contributed by atoms with Gasteiger partial charge in [-0.05, 0) is 49.3 Å². The lowest BCUT2D eigenvalue weighted by Gasteiger charge is -2.27. The van der Waals surface area contributed by atoms with Crippen LogP contribution in [0.3, 0.4) is 0 Å². The summed E-state index contributed by atoms with van der Waals surface area (Å²) in [6, 6.07) is 4.96. The summed E-state index contributed by atoms with van der Waals surface area (Å²) in [5.41, 5.74) is 7.31. The normalized spacial score (nSPS) is 28.1. The first-order valence-corrected chi connectivity index (χ1v) is 7.97. The molecule has 0 saturated heterocycles. The highest BCUT2D eigenvalue weighted by Gasteiger charge is 2.49. The Bertz CT molecular complexity index is 621. The van der Waals surface area contributed by atoms with Gasteiger partial charge in [0, 0.05) is 18.7 Å². The zero-order chi connectivity index (χ0) is 15.9. The van der Waals surface area contributed by atoms with E-state index in [1.165, 1.54) is 6.92 Å². The lowest BCUT2D eigenvalue weighted by atomic mass is 9.84. The molecular formula is C16H21Cl2N3O2. The van der Waals surface area contributed by atoms with Gasteiger partial charge in [0.15, 0.2) is 0 Å². The molecule has 126 valence electrons. The van der Waals surface area contributed by atoms with Gasteiger partial charge in [-0.3, -0.25) is 9.59 Å². The molecule has 0 radical (unpaired) electrons. The molecule has 1 aromatic carbocycles. The molecule has 3 rings (SSSR count). The van der Waals surface area contributed by atoms with Gasteiger partial charge in [-0.25, -0.2) is 0 Å². The molecule has 0 aromatic heterocycles. The second kappa shape index (κ2) is 7.07. The van der Waals surface area contributed by atoms with Crippen LogP contribution in [0.5, 0.6) is 0 Å². The second-order valence-corrected chi connectivity index (χ2v) is 6.71. The number of halogens is 2. The lowest BCUT2D eigenvalue weighted by Crippen LogP contribution is -2.42. The number of fused-ring (bicyclic) bond motifs is 2. The van der Waals surface area contributed by atoms with Crippen molar-refractivity contribution in [3.05, 3.63) is 23.2 Å². The first-order chi connectivity index (χ1) is 10.5. The first kappa shape index (κ1) is 18.0. The number of nitrogens with two attached hydrogens (primary N) is 1. The summed E-state index contributed by atoms with van der Waals surface area (Å²) in [4.78, 5) is 23.7. The van der Waals surface area contributed by atoms with Crippen molar-refractivity contribution >= 4 is 47.2 Å². The minimum atomic E-state index is -0.172. The van der Waals surface area contributed by atoms with E-state index in [2.05, 4.69) is 10.6 Å². The third-order valence-corrected chi connectivity index (χ3v) is 5.16. The number of amides is 2. The molecule has 2 amide bonds. The highest BCUT2D eigenvalue weighted by molar-refractivity contribution is 6.33. The van der Waals surface area contributed by atoms with E-state index in [1.54, 1.807) is 18.2 Å². The molecule has 4 unspecified atom stereocenters. The molecule has 5 nitrogen and oxygen atoms in total. The van der Waals surface area contributed by atoms with Gasteiger partial charge in [-0.2, -0.15) is 0 Å². The molecule has 4 N–H and O–H groups in total. The molecule has 2 bridgehead atoms. The van der Waals surface area contributed by atoms with Crippen molar-refractivity contribution in [3.8, 4) is 0 Å². The minimum Gasteiger partial charge on any atom is -0.327 e. The first-order valence-electron chi connectivity index (χ1n) is 7.59. The summed E-state index contributed by atoms with van der Waals surface area (Å²) in [5.74, 6) is 0.481. The fourth-order valence-electron chi connectivity index (χ4n) is 3.84. The number of hydrogen-bond acceptors (Lipinski definition) is 3. The number of benzene rings is 1. The van der Waals surface area contributed by atoms with Crippen molar-refractivity contribution in [1.29, 1.82) is 0 Å². The summed E-state index contributed by atoms with van der Waals surface area (Å²) in [5, 5.41) is 6.00. The highest BCUT2D eigenvalue weighted by Crippen LogP contribution is 2.48. The molecule has 2 saturated carbocycles. The number of carbonyl (C=O) groups excluding carboxylic acids is 2. The summed E-state index contributed by atoms with van der Waals surface area (Å²) in [7, 11) is 0. The largest absolute Gasteiger partial charge is 0.327 e. The van der Waals surface area contributed by atoms with Crippen LogP contribution in [-0.4, -0.2) is 17.9 Å². The van der Waals surface area contributed by atoms with E-state index >= 15 is 0 Å². The van der Waals surface area contributed by atoms with E-state index in [9.17, 15) is 9.59 Å². The van der Waals surface area contributed by atoms with Crippen molar-refractivity contribution < 1.29 is 9.59 Å². The van der Waals surface area contributed by atoms with Gasteiger partial charge in [0.25, 0.3) is 0 Å². The standard InChI is InChI=1S/C16H20ClN3O2.ClH/c1-8(21)19-11-4-5-12(17)13(7-11)20-16(22)14-9-2-3-10(6-9)15(14)18;/h4-5,7,9-10,14-15H,2-3,6,18H2,1H3,(H,19,21)(H,20,22);1H. The Morgan fingerprint density at radius 3 is 2.52 bits per heavy atom. The van der Waals surface area contributed by atoms with Crippen LogP contribution < -0.4 is 16.4 Å². The Labute approximate surface area is 146 Å². The number of hydrogen-bond donors (Lipinski definition) is 3. The molecular weight excluding hydrogens is 337 g/mol. The molecule has 7 heteroatoms. The maximum atomic E-state index is 12.6. The highest BCUT2D eigenvalue weighted by atomic mass is 35.5. The summed E-state index contributed by atoms with van der Waals surface area (Å²) in [6.07, 6.45) is 3.27. The predicted molar refractivity (Wildman–Crippen MR) is 93.9 cm³/mol. The Morgan fingerprint density at radius 2 is 1.91 bits per heavy atom. The molecule has 0 spiro atoms. The quantitative estimate of drug-likeness (QED) is 0.777. The van der Waals surface area contributed by atoms with Gasteiger partial charge in [0.05, 0.1) is 16.6 Å². The summed E-state index contributed by atoms with van der Waals surface area (Å²) < 4.78 is 0. The van der Waals surface area contributed by atoms with Gasteiger partial charge in [-0.15, -0.1) is 12.4 Å². The molecule has 2 aliphatic carbocycles. The molecule has 4 atom stereocenters. The van der Waals surface area contributed by atoms with Crippen molar-refractivity contribution in [2.45, 2.75) is 32.2 Å². The molecule has 1 aromatic rings. The van der Waals surface area contributed by atoms with Gasteiger partial charge in [-0.1, -0.05) is 11.6 Å². The number of carbonyl (C=O) groups is 2. The fraction of sp³-hybridized carbons (Fsp3) is 0.500. The molecule has 0 heterocycles. The average molecular weight is 358 g/mol. The Balaban J connectivity index is 0.00000192. The van der Waals surface area contributed by atoms with Crippen LogP contribution in [0.4, 0.5) is 11.4 Å². The van der Waals surface area contributed by atoms with Crippen LogP contribution in [0.1, 0.15) is 26.2 Å². The van der Waals surface area contributed by atoms with Crippen molar-refractivity contribution in [1.82, 2.24) is 0 Å². The zero-order valence-electron chi connectivity index (χ0n) is 12.8. The summed E-state index contributed by atoms with van der Waals surface area (Å²) in [6.45, 7) is 1.43. The maximum Gasteiger partial charge on any atom is 0.229 e. The van der Waals surface area contributed by atoms with Crippen LogP contribution in [0.2, 0.25) is 5.02 Å². The van der Waals surface area contributed by atoms with E-state index in [0.717, 1.165) is 19.3 Å². The van der Waals surface area contributed by atoms with Gasteiger partial charge < -0.3 is 16.4 Å².